The number of anilines is 1. The fourth-order valence-electron chi connectivity index (χ4n) is 2.66. The van der Waals surface area contributed by atoms with Crippen molar-refractivity contribution >= 4 is 17.6 Å². The van der Waals surface area contributed by atoms with E-state index in [2.05, 4.69) is 0 Å². The Morgan fingerprint density at radius 2 is 2.17 bits per heavy atom. The van der Waals surface area contributed by atoms with Gasteiger partial charge in [0.1, 0.15) is 5.92 Å². The predicted molar refractivity (Wildman–Crippen MR) is 84.0 cm³/mol. The molecular formula is C17H22FNO4. The third kappa shape index (κ3) is 3.63. The highest BCUT2D eigenvalue weighted by Gasteiger charge is 2.35. The van der Waals surface area contributed by atoms with E-state index < -0.39 is 17.7 Å². The van der Waals surface area contributed by atoms with E-state index in [1.807, 2.05) is 6.92 Å². The van der Waals surface area contributed by atoms with E-state index in [-0.39, 0.29) is 11.7 Å². The van der Waals surface area contributed by atoms with E-state index in [1.54, 1.807) is 7.05 Å². The molecule has 5 nitrogen and oxygen atoms in total. The van der Waals surface area contributed by atoms with Crippen molar-refractivity contribution in [2.24, 2.45) is 5.92 Å². The quantitative estimate of drug-likeness (QED) is 0.475. The van der Waals surface area contributed by atoms with Crippen molar-refractivity contribution in [2.45, 2.75) is 32.6 Å². The molecule has 0 fully saturated rings. The molecule has 126 valence electrons. The Morgan fingerprint density at radius 1 is 1.43 bits per heavy atom. The number of unbranched alkanes of at least 4 members (excludes halogenated alkanes) is 1. The van der Waals surface area contributed by atoms with Crippen molar-refractivity contribution in [2.75, 3.05) is 25.7 Å². The summed E-state index contributed by atoms with van der Waals surface area (Å²) >= 11 is 0. The largest absolute Gasteiger partial charge is 0.494 e. The molecule has 0 radical (unpaired) electrons. The van der Waals surface area contributed by atoms with Gasteiger partial charge in [-0.1, -0.05) is 13.3 Å². The van der Waals surface area contributed by atoms with Gasteiger partial charge < -0.3 is 14.4 Å². The van der Waals surface area contributed by atoms with Gasteiger partial charge in [-0.25, -0.2) is 4.39 Å². The first-order chi connectivity index (χ1) is 11.0. The lowest BCUT2D eigenvalue weighted by molar-refractivity contribution is -0.152. The third-order valence-corrected chi connectivity index (χ3v) is 4.07. The Bertz CT molecular complexity index is 603. The second-order valence-corrected chi connectivity index (χ2v) is 5.63. The van der Waals surface area contributed by atoms with Crippen LogP contribution in [0.2, 0.25) is 0 Å². The number of benzene rings is 1. The van der Waals surface area contributed by atoms with Crippen LogP contribution in [0.5, 0.6) is 5.75 Å². The second-order valence-electron chi connectivity index (χ2n) is 5.63. The summed E-state index contributed by atoms with van der Waals surface area (Å²) in [4.78, 5) is 26.1. The Labute approximate surface area is 135 Å². The zero-order valence-corrected chi connectivity index (χ0v) is 13.7. The van der Waals surface area contributed by atoms with Crippen LogP contribution >= 0.6 is 0 Å². The minimum atomic E-state index is -0.849. The normalized spacial score (nSPS) is 17.5. The zero-order chi connectivity index (χ0) is 17.0. The van der Waals surface area contributed by atoms with Gasteiger partial charge in [0, 0.05) is 13.1 Å². The number of amides is 1. The van der Waals surface area contributed by atoms with E-state index in [9.17, 15) is 14.0 Å². The number of ether oxygens (including phenoxy) is 2. The molecule has 0 bridgehead atoms. The van der Waals surface area contributed by atoms with Crippen molar-refractivity contribution in [1.29, 1.82) is 0 Å². The van der Waals surface area contributed by atoms with Crippen molar-refractivity contribution in [3.63, 3.8) is 0 Å². The monoisotopic (exact) mass is 323 g/mol. The number of carbonyl (C=O) groups is 2. The van der Waals surface area contributed by atoms with Crippen LogP contribution in [0.25, 0.3) is 0 Å². The molecule has 1 amide bonds. The van der Waals surface area contributed by atoms with Gasteiger partial charge in [0.05, 0.1) is 19.4 Å². The Kier molecular flexibility index (Phi) is 5.58. The van der Waals surface area contributed by atoms with Crippen LogP contribution in [0, 0.1) is 11.7 Å². The molecular weight excluding hydrogens is 301 g/mol. The maximum Gasteiger partial charge on any atom is 0.318 e. The number of methoxy groups -OCH3 is 1. The molecule has 6 heteroatoms. The molecule has 0 aromatic heterocycles. The minimum Gasteiger partial charge on any atom is -0.494 e. The number of hydrogen-bond acceptors (Lipinski definition) is 4. The summed E-state index contributed by atoms with van der Waals surface area (Å²) in [5.74, 6) is -2.09. The molecule has 1 unspecified atom stereocenters. The summed E-state index contributed by atoms with van der Waals surface area (Å²) in [6, 6.07) is 2.86. The molecule has 1 aliphatic heterocycles. The van der Waals surface area contributed by atoms with Crippen LogP contribution in [0.1, 0.15) is 31.7 Å². The van der Waals surface area contributed by atoms with Crippen molar-refractivity contribution in [3.05, 3.63) is 23.5 Å². The number of aryl methyl sites for hydroxylation is 1. The van der Waals surface area contributed by atoms with Gasteiger partial charge in [0.25, 0.3) is 0 Å². The molecule has 0 aliphatic carbocycles. The number of hydrogen-bond donors (Lipinski definition) is 0. The summed E-state index contributed by atoms with van der Waals surface area (Å²) in [5, 5.41) is 0. The lowest BCUT2D eigenvalue weighted by Crippen LogP contribution is -2.37. The van der Waals surface area contributed by atoms with Gasteiger partial charge in [0.15, 0.2) is 11.6 Å². The Hall–Kier alpha value is -2.11. The summed E-state index contributed by atoms with van der Waals surface area (Å²) in [6.07, 6.45) is 2.42. The van der Waals surface area contributed by atoms with E-state index in [0.29, 0.717) is 30.7 Å². The minimum absolute atomic E-state index is 0.0763. The average Bonchev–Trinajstić information content (AvgIpc) is 2.65. The maximum atomic E-state index is 13.9. The van der Waals surface area contributed by atoms with Crippen molar-refractivity contribution in [3.8, 4) is 5.75 Å². The summed E-state index contributed by atoms with van der Waals surface area (Å²) < 4.78 is 24.0. The molecule has 0 spiro atoms. The molecule has 1 aliphatic rings. The smallest absolute Gasteiger partial charge is 0.318 e. The van der Waals surface area contributed by atoms with Gasteiger partial charge in [-0.2, -0.15) is 0 Å². The molecule has 0 saturated carbocycles. The number of nitrogens with zero attached hydrogens (tertiary/aromatic N) is 1. The van der Waals surface area contributed by atoms with Gasteiger partial charge in [-0.15, -0.1) is 0 Å². The first-order valence-corrected chi connectivity index (χ1v) is 7.80. The number of esters is 1. The lowest BCUT2D eigenvalue weighted by Gasteiger charge is -2.21. The van der Waals surface area contributed by atoms with E-state index in [0.717, 1.165) is 12.8 Å². The SMILES string of the molecule is CCCCOC(=O)C1CCc2cc(F)c(OC)cc2N(C)C1=O. The third-order valence-electron chi connectivity index (χ3n) is 4.07. The standard InChI is InChI=1S/C17H22FNO4/c1-4-5-8-23-17(21)12-7-6-11-9-13(18)15(22-3)10-14(11)19(2)16(12)20/h9-10,12H,4-8H2,1-3H3. The highest BCUT2D eigenvalue weighted by atomic mass is 19.1. The lowest BCUT2D eigenvalue weighted by atomic mass is 10.0. The molecule has 1 aromatic rings. The number of halogens is 1. The number of carbonyl (C=O) groups excluding carboxylic acids is 2. The van der Waals surface area contributed by atoms with E-state index in [1.165, 1.54) is 24.1 Å². The van der Waals surface area contributed by atoms with Crippen molar-refractivity contribution in [1.82, 2.24) is 0 Å². The number of fused-ring (bicyclic) bond motifs is 1. The maximum absolute atomic E-state index is 13.9. The van der Waals surface area contributed by atoms with Crippen LogP contribution in [0.4, 0.5) is 10.1 Å². The topological polar surface area (TPSA) is 55.8 Å². The Morgan fingerprint density at radius 3 is 2.83 bits per heavy atom. The second kappa shape index (κ2) is 7.44. The van der Waals surface area contributed by atoms with E-state index >= 15 is 0 Å². The van der Waals surface area contributed by atoms with Crippen molar-refractivity contribution < 1.29 is 23.5 Å². The predicted octanol–water partition coefficient (Wildman–Crippen LogP) is 2.70. The summed E-state index contributed by atoms with van der Waals surface area (Å²) in [7, 11) is 2.95. The Balaban J connectivity index is 2.23. The zero-order valence-electron chi connectivity index (χ0n) is 13.7. The van der Waals surface area contributed by atoms with Gasteiger partial charge in [-0.05, 0) is 30.9 Å². The highest BCUT2D eigenvalue weighted by molar-refractivity contribution is 6.06. The molecule has 2 rings (SSSR count). The van der Waals surface area contributed by atoms with Gasteiger partial charge in [0.2, 0.25) is 5.91 Å². The first-order valence-electron chi connectivity index (χ1n) is 7.80. The fraction of sp³-hybridized carbons (Fsp3) is 0.529. The van der Waals surface area contributed by atoms with Crippen LogP contribution in [-0.2, 0) is 20.7 Å². The molecule has 1 atom stereocenters. The highest BCUT2D eigenvalue weighted by Crippen LogP contribution is 2.33. The molecule has 0 N–H and O–H groups in total. The van der Waals surface area contributed by atoms with Gasteiger partial charge in [-0.3, -0.25) is 9.59 Å². The van der Waals surface area contributed by atoms with E-state index in [4.69, 9.17) is 9.47 Å². The molecule has 23 heavy (non-hydrogen) atoms. The molecule has 1 heterocycles. The van der Waals surface area contributed by atoms with Crippen LogP contribution in [0.15, 0.2) is 12.1 Å². The van der Waals surface area contributed by atoms with Gasteiger partial charge >= 0.3 is 5.97 Å². The van der Waals surface area contributed by atoms with Crippen LogP contribution < -0.4 is 9.64 Å². The van der Waals surface area contributed by atoms with Crippen LogP contribution in [-0.4, -0.2) is 32.6 Å². The first kappa shape index (κ1) is 17.2. The summed E-state index contributed by atoms with van der Waals surface area (Å²) in [5.41, 5.74) is 1.25. The number of rotatable bonds is 5. The summed E-state index contributed by atoms with van der Waals surface area (Å²) in [6.45, 7) is 2.31. The average molecular weight is 323 g/mol. The fourth-order valence-corrected chi connectivity index (χ4v) is 2.66. The molecule has 1 aromatic carbocycles. The molecule has 0 saturated heterocycles. The van der Waals surface area contributed by atoms with Crippen LogP contribution in [0.3, 0.4) is 0 Å².